The summed E-state index contributed by atoms with van der Waals surface area (Å²) in [6.07, 6.45) is 2.67. The normalized spacial score (nSPS) is 18.2. The third-order valence-corrected chi connectivity index (χ3v) is 3.90. The van der Waals surface area contributed by atoms with Gasteiger partial charge in [-0.15, -0.1) is 0 Å². The summed E-state index contributed by atoms with van der Waals surface area (Å²) in [5.41, 5.74) is -0.0433. The summed E-state index contributed by atoms with van der Waals surface area (Å²) in [5.74, 6) is 1.77. The Labute approximate surface area is 130 Å². The van der Waals surface area contributed by atoms with Gasteiger partial charge >= 0.3 is 0 Å². The standard InChI is InChI=1S/C15H25BrN4/c1-11(10-20-7-5-6-8-20)17-13-9-12(16)18-14(19-13)15(2,3)4/h9,11H,5-8,10H2,1-4H3,(H,17,18,19). The van der Waals surface area contributed by atoms with Crippen LogP contribution in [0.3, 0.4) is 0 Å². The smallest absolute Gasteiger partial charge is 0.137 e. The zero-order chi connectivity index (χ0) is 14.8. The first-order valence-corrected chi connectivity index (χ1v) is 8.18. The van der Waals surface area contributed by atoms with E-state index in [-0.39, 0.29) is 5.41 Å². The second-order valence-electron chi connectivity index (χ2n) is 6.70. The number of nitrogens with one attached hydrogen (secondary N) is 1. The third kappa shape index (κ3) is 4.42. The fourth-order valence-electron chi connectivity index (χ4n) is 2.48. The highest BCUT2D eigenvalue weighted by atomic mass is 79.9. The molecule has 0 saturated carbocycles. The molecule has 1 fully saturated rings. The molecule has 0 aliphatic carbocycles. The van der Waals surface area contributed by atoms with E-state index in [1.165, 1.54) is 25.9 Å². The minimum absolute atomic E-state index is 0.0433. The molecule has 0 radical (unpaired) electrons. The van der Waals surface area contributed by atoms with Crippen LogP contribution in [0.5, 0.6) is 0 Å². The van der Waals surface area contributed by atoms with Crippen LogP contribution in [-0.4, -0.2) is 40.5 Å². The molecule has 0 amide bonds. The second kappa shape index (κ2) is 6.39. The van der Waals surface area contributed by atoms with Crippen molar-refractivity contribution in [3.8, 4) is 0 Å². The molecule has 0 bridgehead atoms. The molecule has 1 unspecified atom stereocenters. The van der Waals surface area contributed by atoms with Crippen LogP contribution >= 0.6 is 15.9 Å². The largest absolute Gasteiger partial charge is 0.366 e. The van der Waals surface area contributed by atoms with E-state index in [0.717, 1.165) is 22.8 Å². The lowest BCUT2D eigenvalue weighted by molar-refractivity contribution is 0.327. The van der Waals surface area contributed by atoms with Crippen molar-refractivity contribution in [3.63, 3.8) is 0 Å². The summed E-state index contributed by atoms with van der Waals surface area (Å²) < 4.78 is 0.841. The maximum atomic E-state index is 4.65. The van der Waals surface area contributed by atoms with Gasteiger partial charge < -0.3 is 10.2 Å². The Bertz CT molecular complexity index is 450. The lowest BCUT2D eigenvalue weighted by Crippen LogP contribution is -2.33. The monoisotopic (exact) mass is 340 g/mol. The van der Waals surface area contributed by atoms with Gasteiger partial charge in [0, 0.05) is 24.1 Å². The van der Waals surface area contributed by atoms with E-state index in [0.29, 0.717) is 6.04 Å². The minimum atomic E-state index is -0.0433. The van der Waals surface area contributed by atoms with Crippen LogP contribution in [-0.2, 0) is 5.41 Å². The van der Waals surface area contributed by atoms with Crippen molar-refractivity contribution < 1.29 is 0 Å². The van der Waals surface area contributed by atoms with Crippen molar-refractivity contribution in [2.45, 2.75) is 52.0 Å². The maximum absolute atomic E-state index is 4.65. The molecular formula is C15H25BrN4. The van der Waals surface area contributed by atoms with Gasteiger partial charge in [-0.3, -0.25) is 0 Å². The number of anilines is 1. The Morgan fingerprint density at radius 1 is 1.30 bits per heavy atom. The molecule has 1 aliphatic rings. The van der Waals surface area contributed by atoms with Crippen molar-refractivity contribution in [1.82, 2.24) is 14.9 Å². The predicted octanol–water partition coefficient (Wildman–Crippen LogP) is 3.43. The van der Waals surface area contributed by atoms with Gasteiger partial charge in [0.15, 0.2) is 0 Å². The molecule has 1 aromatic rings. The fraction of sp³-hybridized carbons (Fsp3) is 0.733. The highest BCUT2D eigenvalue weighted by Crippen LogP contribution is 2.23. The molecule has 20 heavy (non-hydrogen) atoms. The summed E-state index contributed by atoms with van der Waals surface area (Å²) in [6.45, 7) is 12.1. The van der Waals surface area contributed by atoms with Gasteiger partial charge in [0.1, 0.15) is 16.2 Å². The highest BCUT2D eigenvalue weighted by Gasteiger charge is 2.20. The number of hydrogen-bond donors (Lipinski definition) is 1. The van der Waals surface area contributed by atoms with Crippen LogP contribution in [0.2, 0.25) is 0 Å². The Kier molecular flexibility index (Phi) is 5.02. The van der Waals surface area contributed by atoms with Gasteiger partial charge in [-0.25, -0.2) is 9.97 Å². The molecule has 1 N–H and O–H groups in total. The van der Waals surface area contributed by atoms with E-state index < -0.39 is 0 Å². The first kappa shape index (κ1) is 15.7. The van der Waals surface area contributed by atoms with Crippen LogP contribution in [0.1, 0.15) is 46.4 Å². The fourth-order valence-corrected chi connectivity index (χ4v) is 2.86. The zero-order valence-electron chi connectivity index (χ0n) is 12.9. The van der Waals surface area contributed by atoms with E-state index in [4.69, 9.17) is 0 Å². The maximum Gasteiger partial charge on any atom is 0.137 e. The van der Waals surface area contributed by atoms with Crippen molar-refractivity contribution in [1.29, 1.82) is 0 Å². The van der Waals surface area contributed by atoms with Crippen molar-refractivity contribution >= 4 is 21.7 Å². The molecule has 1 aliphatic heterocycles. The summed E-state index contributed by atoms with van der Waals surface area (Å²) >= 11 is 3.48. The topological polar surface area (TPSA) is 41.0 Å². The lowest BCUT2D eigenvalue weighted by Gasteiger charge is -2.23. The van der Waals surface area contributed by atoms with E-state index in [1.54, 1.807) is 0 Å². The third-order valence-electron chi connectivity index (χ3n) is 3.49. The van der Waals surface area contributed by atoms with Crippen LogP contribution in [0, 0.1) is 0 Å². The van der Waals surface area contributed by atoms with Crippen LogP contribution in [0.15, 0.2) is 10.7 Å². The molecule has 112 valence electrons. The first-order valence-electron chi connectivity index (χ1n) is 7.38. The molecular weight excluding hydrogens is 316 g/mol. The summed E-state index contributed by atoms with van der Waals surface area (Å²) in [7, 11) is 0. The number of aromatic nitrogens is 2. The van der Waals surface area contributed by atoms with Gasteiger partial charge in [-0.05, 0) is 48.8 Å². The van der Waals surface area contributed by atoms with Crippen LogP contribution < -0.4 is 5.32 Å². The SMILES string of the molecule is CC(CN1CCCC1)Nc1cc(Br)nc(C(C)(C)C)n1. The summed E-state index contributed by atoms with van der Waals surface area (Å²) in [6, 6.07) is 2.35. The average molecular weight is 341 g/mol. The Balaban J connectivity index is 2.02. The molecule has 5 heteroatoms. The molecule has 2 rings (SSSR count). The van der Waals surface area contributed by atoms with Gasteiger partial charge in [0.2, 0.25) is 0 Å². The van der Waals surface area contributed by atoms with E-state index in [1.807, 2.05) is 6.07 Å². The number of hydrogen-bond acceptors (Lipinski definition) is 4. The summed E-state index contributed by atoms with van der Waals surface area (Å²) in [4.78, 5) is 11.6. The van der Waals surface area contributed by atoms with Crippen LogP contribution in [0.4, 0.5) is 5.82 Å². The highest BCUT2D eigenvalue weighted by molar-refractivity contribution is 9.10. The number of likely N-dealkylation sites (tertiary alicyclic amines) is 1. The molecule has 0 spiro atoms. The number of halogens is 1. The van der Waals surface area contributed by atoms with E-state index in [9.17, 15) is 0 Å². The van der Waals surface area contributed by atoms with Crippen molar-refractivity contribution in [2.75, 3.05) is 25.0 Å². The molecule has 1 aromatic heterocycles. The van der Waals surface area contributed by atoms with Crippen LogP contribution in [0.25, 0.3) is 0 Å². The lowest BCUT2D eigenvalue weighted by atomic mass is 9.96. The molecule has 1 atom stereocenters. The van der Waals surface area contributed by atoms with Crippen molar-refractivity contribution in [2.24, 2.45) is 0 Å². The Morgan fingerprint density at radius 2 is 1.95 bits per heavy atom. The van der Waals surface area contributed by atoms with Gasteiger partial charge in [0.25, 0.3) is 0 Å². The second-order valence-corrected chi connectivity index (χ2v) is 7.52. The molecule has 4 nitrogen and oxygen atoms in total. The number of rotatable bonds is 4. The number of nitrogens with zero attached hydrogens (tertiary/aromatic N) is 3. The first-order chi connectivity index (χ1) is 9.34. The van der Waals surface area contributed by atoms with E-state index >= 15 is 0 Å². The zero-order valence-corrected chi connectivity index (χ0v) is 14.5. The molecule has 0 aromatic carbocycles. The van der Waals surface area contributed by atoms with Gasteiger partial charge in [-0.2, -0.15) is 0 Å². The average Bonchev–Trinajstić information content (AvgIpc) is 2.79. The van der Waals surface area contributed by atoms with Crippen molar-refractivity contribution in [3.05, 3.63) is 16.5 Å². The quantitative estimate of drug-likeness (QED) is 0.852. The van der Waals surface area contributed by atoms with E-state index in [2.05, 4.69) is 63.8 Å². The predicted molar refractivity (Wildman–Crippen MR) is 87.2 cm³/mol. The Morgan fingerprint density at radius 3 is 2.55 bits per heavy atom. The Hall–Kier alpha value is -0.680. The van der Waals surface area contributed by atoms with Gasteiger partial charge in [-0.1, -0.05) is 20.8 Å². The molecule has 1 saturated heterocycles. The molecule has 2 heterocycles. The van der Waals surface area contributed by atoms with Gasteiger partial charge in [0.05, 0.1) is 0 Å². The minimum Gasteiger partial charge on any atom is -0.366 e. The summed E-state index contributed by atoms with van der Waals surface area (Å²) in [5, 5.41) is 3.50.